The average molecular weight is 255 g/mol. The fourth-order valence-electron chi connectivity index (χ4n) is 2.38. The lowest BCUT2D eigenvalue weighted by atomic mass is 10.1. The van der Waals surface area contributed by atoms with Crippen LogP contribution in [-0.2, 0) is 11.3 Å². The summed E-state index contributed by atoms with van der Waals surface area (Å²) in [5.41, 5.74) is 5.56. The van der Waals surface area contributed by atoms with E-state index in [4.69, 9.17) is 0 Å². The Kier molecular flexibility index (Phi) is 2.56. The largest absolute Gasteiger partial charge is 0.378 e. The summed E-state index contributed by atoms with van der Waals surface area (Å²) in [7, 11) is 4.02. The van der Waals surface area contributed by atoms with Gasteiger partial charge in [0.05, 0.1) is 16.1 Å². The van der Waals surface area contributed by atoms with Gasteiger partial charge >= 0.3 is 0 Å². The highest BCUT2D eigenvalue weighted by atomic mass is 32.1. The Morgan fingerprint density at radius 1 is 0.889 bits per heavy atom. The van der Waals surface area contributed by atoms with Crippen LogP contribution in [0.5, 0.6) is 0 Å². The van der Waals surface area contributed by atoms with Crippen LogP contribution in [0.15, 0.2) is 42.5 Å². The van der Waals surface area contributed by atoms with Crippen LogP contribution in [0, 0.1) is 0 Å². The van der Waals surface area contributed by atoms with E-state index < -0.39 is 0 Å². The maximum Gasteiger partial charge on any atom is 0.0978 e. The van der Waals surface area contributed by atoms with Crippen LogP contribution in [0.3, 0.4) is 0 Å². The van der Waals surface area contributed by atoms with Gasteiger partial charge in [-0.3, -0.25) is 0 Å². The Bertz CT molecular complexity index is 685. The predicted molar refractivity (Wildman–Crippen MR) is 77.6 cm³/mol. The van der Waals surface area contributed by atoms with Gasteiger partial charge in [-0.05, 0) is 23.3 Å². The van der Waals surface area contributed by atoms with E-state index in [0.29, 0.717) is 11.3 Å². The molecule has 0 N–H and O–H groups in total. The molecular weight excluding hydrogens is 242 g/mol. The summed E-state index contributed by atoms with van der Waals surface area (Å²) in [6.07, 6.45) is 0. The Labute approximate surface area is 110 Å². The van der Waals surface area contributed by atoms with Crippen LogP contribution in [0.1, 0.15) is 11.1 Å². The van der Waals surface area contributed by atoms with Crippen LogP contribution in [-0.4, -0.2) is 23.2 Å². The van der Waals surface area contributed by atoms with E-state index in [1.807, 2.05) is 32.3 Å². The minimum absolute atomic E-state index is 0.586. The first-order valence-electron chi connectivity index (χ1n) is 5.80. The number of anilines is 1. The smallest absolute Gasteiger partial charge is 0.0978 e. The topological polar surface area (TPSA) is 20.3 Å². The third kappa shape index (κ3) is 1.51. The molecule has 0 spiro atoms. The van der Waals surface area contributed by atoms with E-state index in [2.05, 4.69) is 29.2 Å². The van der Waals surface area contributed by atoms with Crippen molar-refractivity contribution in [3.63, 3.8) is 0 Å². The first-order valence-corrected chi connectivity index (χ1v) is 6.55. The molecule has 0 radical (unpaired) electrons. The monoisotopic (exact) mass is 255 g/mol. The van der Waals surface area contributed by atoms with Crippen molar-refractivity contribution in [1.82, 2.24) is 0 Å². The maximum absolute atomic E-state index is 11.4. The molecule has 2 aromatic rings. The summed E-state index contributed by atoms with van der Waals surface area (Å²) in [6.45, 7) is 0. The number of benzene rings is 2. The fraction of sp³-hybridized carbons (Fsp3) is 0.133. The summed E-state index contributed by atoms with van der Waals surface area (Å²) in [4.78, 5) is 2.89. The van der Waals surface area contributed by atoms with E-state index in [0.717, 1.165) is 32.8 Å². The summed E-state index contributed by atoms with van der Waals surface area (Å²) in [6, 6.07) is 14.4. The summed E-state index contributed by atoms with van der Waals surface area (Å²) < 4.78 is 11.4. The summed E-state index contributed by atoms with van der Waals surface area (Å²) in [5.74, 6) is 0. The molecule has 18 heavy (non-hydrogen) atoms. The maximum atomic E-state index is 11.4. The number of hydrogen-bond acceptors (Lipinski definition) is 2. The van der Waals surface area contributed by atoms with Crippen molar-refractivity contribution >= 4 is 21.8 Å². The fourth-order valence-corrected chi connectivity index (χ4v) is 2.91. The molecule has 0 fully saturated rings. The first kappa shape index (κ1) is 11.2. The lowest BCUT2D eigenvalue weighted by Crippen LogP contribution is -2.09. The number of nitrogens with zero attached hydrogens (tertiary/aromatic N) is 1. The van der Waals surface area contributed by atoms with E-state index in [-0.39, 0.29) is 0 Å². The lowest BCUT2D eigenvalue weighted by molar-refractivity contribution is 0.701. The zero-order chi connectivity index (χ0) is 12.7. The van der Waals surface area contributed by atoms with Gasteiger partial charge in [0.15, 0.2) is 0 Å². The molecule has 2 aromatic carbocycles. The van der Waals surface area contributed by atoms with Crippen LogP contribution in [0.2, 0.25) is 0 Å². The highest BCUT2D eigenvalue weighted by Crippen LogP contribution is 2.37. The minimum Gasteiger partial charge on any atom is -0.378 e. The first-order chi connectivity index (χ1) is 8.72. The van der Waals surface area contributed by atoms with Crippen molar-refractivity contribution in [3.8, 4) is 11.1 Å². The highest BCUT2D eigenvalue weighted by Gasteiger charge is 2.24. The van der Waals surface area contributed by atoms with Gasteiger partial charge in [0.1, 0.15) is 0 Å². The Balaban J connectivity index is 2.31. The molecule has 0 saturated heterocycles. The second-order valence-corrected chi connectivity index (χ2v) is 5.16. The van der Waals surface area contributed by atoms with Gasteiger partial charge in [-0.1, -0.05) is 30.3 Å². The molecule has 0 amide bonds. The van der Waals surface area contributed by atoms with E-state index >= 15 is 0 Å². The van der Waals surface area contributed by atoms with Gasteiger partial charge in [-0.25, -0.2) is 4.21 Å². The molecular formula is C15H13NOS. The van der Waals surface area contributed by atoms with Crippen LogP contribution >= 0.6 is 0 Å². The van der Waals surface area contributed by atoms with Gasteiger partial charge in [0.25, 0.3) is 0 Å². The second-order valence-electron chi connectivity index (χ2n) is 4.58. The summed E-state index contributed by atoms with van der Waals surface area (Å²) >= 11 is 0.586. The Morgan fingerprint density at radius 2 is 1.56 bits per heavy atom. The van der Waals surface area contributed by atoms with E-state index in [1.54, 1.807) is 0 Å². The predicted octanol–water partition coefficient (Wildman–Crippen LogP) is 2.51. The van der Waals surface area contributed by atoms with Gasteiger partial charge in [0.2, 0.25) is 0 Å². The molecule has 0 aliphatic heterocycles. The Hall–Kier alpha value is -1.87. The molecule has 0 atom stereocenters. The molecule has 90 valence electrons. The van der Waals surface area contributed by atoms with E-state index in [9.17, 15) is 4.21 Å². The average Bonchev–Trinajstić information content (AvgIpc) is 2.71. The number of rotatable bonds is 1. The normalized spacial score (nSPS) is 12.0. The van der Waals surface area contributed by atoms with Crippen LogP contribution in [0.25, 0.3) is 11.1 Å². The zero-order valence-corrected chi connectivity index (χ0v) is 11.1. The van der Waals surface area contributed by atoms with E-state index in [1.165, 1.54) is 0 Å². The standard InChI is InChI=1S/C15H13NOS/c1-16(2)10-7-8-12-11-5-3-4-6-13(11)15(18-17)14(12)9-10/h3-9H,1-2H3. The number of hydrogen-bond donors (Lipinski definition) is 0. The molecule has 0 bridgehead atoms. The SMILES string of the molecule is CN(C)c1ccc2c(c1)C(=S=O)c1ccccc1-2. The highest BCUT2D eigenvalue weighted by molar-refractivity contribution is 7.67. The van der Waals surface area contributed by atoms with Crippen LogP contribution < -0.4 is 4.90 Å². The quantitative estimate of drug-likeness (QED) is 0.623. The van der Waals surface area contributed by atoms with Gasteiger partial charge in [-0.15, -0.1) is 0 Å². The second kappa shape index (κ2) is 4.10. The number of fused-ring (bicyclic) bond motifs is 3. The molecule has 2 nitrogen and oxygen atoms in total. The van der Waals surface area contributed by atoms with Gasteiger partial charge < -0.3 is 4.90 Å². The Morgan fingerprint density at radius 3 is 2.22 bits per heavy atom. The molecule has 0 aromatic heterocycles. The van der Waals surface area contributed by atoms with Crippen molar-refractivity contribution in [1.29, 1.82) is 0 Å². The third-order valence-electron chi connectivity index (χ3n) is 3.31. The van der Waals surface area contributed by atoms with Crippen molar-refractivity contribution in [3.05, 3.63) is 53.6 Å². The van der Waals surface area contributed by atoms with Gasteiger partial charge in [0, 0.05) is 30.9 Å². The molecule has 1 aliphatic carbocycles. The van der Waals surface area contributed by atoms with Crippen molar-refractivity contribution < 1.29 is 4.21 Å². The van der Waals surface area contributed by atoms with Crippen molar-refractivity contribution in [2.24, 2.45) is 0 Å². The summed E-state index contributed by atoms with van der Waals surface area (Å²) in [5, 5.41) is 0. The molecule has 3 rings (SSSR count). The lowest BCUT2D eigenvalue weighted by Gasteiger charge is -2.13. The molecule has 3 heteroatoms. The van der Waals surface area contributed by atoms with Crippen molar-refractivity contribution in [2.75, 3.05) is 19.0 Å². The minimum atomic E-state index is 0.586. The van der Waals surface area contributed by atoms with Crippen LogP contribution in [0.4, 0.5) is 5.69 Å². The molecule has 0 heterocycles. The molecule has 0 unspecified atom stereocenters. The third-order valence-corrected chi connectivity index (χ3v) is 3.92. The molecule has 1 aliphatic rings. The van der Waals surface area contributed by atoms with Crippen molar-refractivity contribution in [2.45, 2.75) is 0 Å². The zero-order valence-electron chi connectivity index (χ0n) is 10.3. The molecule has 0 saturated carbocycles. The van der Waals surface area contributed by atoms with Gasteiger partial charge in [-0.2, -0.15) is 0 Å².